The Morgan fingerprint density at radius 3 is 0.500 bits per heavy atom. The molecule has 0 atom stereocenters. The van der Waals surface area contributed by atoms with Gasteiger partial charge in [-0.05, 0) is 0 Å². The van der Waals surface area contributed by atoms with Crippen LogP contribution in [0.2, 0.25) is 0 Å². The van der Waals surface area contributed by atoms with Crippen molar-refractivity contribution < 1.29 is 82.2 Å². The maximum atomic E-state index is 0. The molecule has 0 amide bonds. The standard InChI is InChI=1S/3Ni.Y. The van der Waals surface area contributed by atoms with Crippen LogP contribution in [0.1, 0.15) is 0 Å². The summed E-state index contributed by atoms with van der Waals surface area (Å²) >= 11 is 0. The molecule has 0 bridgehead atoms. The minimum Gasteiger partial charge on any atom is 0 e. The molecule has 33 valence electrons. The first-order chi connectivity index (χ1) is 0. The third kappa shape index (κ3) is 8.82. The van der Waals surface area contributed by atoms with Crippen LogP contribution in [0.3, 0.4) is 0 Å². The van der Waals surface area contributed by atoms with Gasteiger partial charge in [0.05, 0.1) is 0 Å². The summed E-state index contributed by atoms with van der Waals surface area (Å²) in [6.07, 6.45) is 0. The molecule has 0 saturated heterocycles. The second-order valence-electron chi connectivity index (χ2n) is 0. The molecule has 0 unspecified atom stereocenters. The molecule has 0 aromatic carbocycles. The van der Waals surface area contributed by atoms with E-state index in [-0.39, 0.29) is 82.2 Å². The van der Waals surface area contributed by atoms with Crippen LogP contribution in [-0.4, -0.2) is 0 Å². The van der Waals surface area contributed by atoms with E-state index in [9.17, 15) is 0 Å². The Morgan fingerprint density at radius 2 is 0.500 bits per heavy atom. The molecular weight excluding hydrogens is 265 g/mol. The van der Waals surface area contributed by atoms with E-state index in [1.165, 1.54) is 0 Å². The summed E-state index contributed by atoms with van der Waals surface area (Å²) in [5.74, 6) is 0. The van der Waals surface area contributed by atoms with Gasteiger partial charge in [0.1, 0.15) is 0 Å². The molecule has 1 radical (unpaired) electrons. The van der Waals surface area contributed by atoms with Gasteiger partial charge < -0.3 is 0 Å². The van der Waals surface area contributed by atoms with E-state index >= 15 is 0 Å². The zero-order chi connectivity index (χ0) is 0. The van der Waals surface area contributed by atoms with Crippen molar-refractivity contribution in [2.45, 2.75) is 0 Å². The summed E-state index contributed by atoms with van der Waals surface area (Å²) in [5, 5.41) is 0. The second-order valence-corrected chi connectivity index (χ2v) is 0. The molecule has 0 heterocycles. The fourth-order valence-corrected chi connectivity index (χ4v) is 0. The van der Waals surface area contributed by atoms with Crippen molar-refractivity contribution in [2.24, 2.45) is 0 Å². The third-order valence-electron chi connectivity index (χ3n) is 0. The topological polar surface area (TPSA) is 0 Å². The summed E-state index contributed by atoms with van der Waals surface area (Å²) < 4.78 is 0. The van der Waals surface area contributed by atoms with Crippen molar-refractivity contribution in [2.75, 3.05) is 0 Å². The van der Waals surface area contributed by atoms with Crippen molar-refractivity contribution in [3.8, 4) is 0 Å². The quantitative estimate of drug-likeness (QED) is 0.540. The monoisotopic (exact) mass is 263 g/mol. The van der Waals surface area contributed by atoms with Gasteiger partial charge in [-0.2, -0.15) is 0 Å². The average Bonchev–Trinajstić information content (AvgIpc) is 0. The molecule has 0 fully saturated rings. The molecular formula is Ni3Y. The van der Waals surface area contributed by atoms with Gasteiger partial charge in [-0.15, -0.1) is 0 Å². The number of hydrogen-bond donors (Lipinski definition) is 0. The maximum absolute atomic E-state index is 0. The predicted octanol–water partition coefficient (Wildman–Crippen LogP) is -0.0100. The molecule has 4 heteroatoms. The fraction of sp³-hybridized carbons (Fsp3) is 0. The Labute approximate surface area is 80.9 Å². The summed E-state index contributed by atoms with van der Waals surface area (Å²) in [4.78, 5) is 0. The summed E-state index contributed by atoms with van der Waals surface area (Å²) in [7, 11) is 0. The van der Waals surface area contributed by atoms with Crippen LogP contribution < -0.4 is 0 Å². The normalized spacial score (nSPS) is 0. The van der Waals surface area contributed by atoms with E-state index in [0.717, 1.165) is 0 Å². The number of hydrogen-bond acceptors (Lipinski definition) is 0. The van der Waals surface area contributed by atoms with E-state index < -0.39 is 0 Å². The van der Waals surface area contributed by atoms with Gasteiger partial charge in [0.25, 0.3) is 0 Å². The van der Waals surface area contributed by atoms with Crippen LogP contribution in [0.15, 0.2) is 0 Å². The van der Waals surface area contributed by atoms with Crippen molar-refractivity contribution in [3.63, 3.8) is 0 Å². The van der Waals surface area contributed by atoms with Crippen molar-refractivity contribution in [3.05, 3.63) is 0 Å². The second kappa shape index (κ2) is 17.6. The Hall–Kier alpha value is 2.58. The molecule has 0 saturated carbocycles. The molecule has 0 aliphatic carbocycles. The molecule has 0 spiro atoms. The first kappa shape index (κ1) is 30.7. The van der Waals surface area contributed by atoms with Crippen LogP contribution in [0.25, 0.3) is 0 Å². The van der Waals surface area contributed by atoms with Gasteiger partial charge >= 0.3 is 0 Å². The van der Waals surface area contributed by atoms with Gasteiger partial charge in [-0.1, -0.05) is 0 Å². The SMILES string of the molecule is [Ni].[Ni].[Ni].[Y]. The molecule has 0 rings (SSSR count). The largest absolute Gasteiger partial charge is 0 e. The van der Waals surface area contributed by atoms with Gasteiger partial charge in [-0.25, -0.2) is 0 Å². The van der Waals surface area contributed by atoms with Crippen LogP contribution in [-0.2, 0) is 82.2 Å². The Morgan fingerprint density at radius 1 is 0.500 bits per heavy atom. The van der Waals surface area contributed by atoms with Gasteiger partial charge in [0.2, 0.25) is 0 Å². The van der Waals surface area contributed by atoms with Crippen LogP contribution in [0, 0.1) is 0 Å². The average molecular weight is 265 g/mol. The smallest absolute Gasteiger partial charge is 0 e. The summed E-state index contributed by atoms with van der Waals surface area (Å²) in [5.41, 5.74) is 0. The molecule has 0 aliphatic rings. The Kier molecular flexibility index (Phi) is 135. The van der Waals surface area contributed by atoms with Crippen LogP contribution >= 0.6 is 0 Å². The van der Waals surface area contributed by atoms with E-state index in [1.807, 2.05) is 0 Å². The van der Waals surface area contributed by atoms with Crippen molar-refractivity contribution in [1.82, 2.24) is 0 Å². The first-order valence-corrected chi connectivity index (χ1v) is 0. The molecule has 4 heavy (non-hydrogen) atoms. The molecule has 0 aromatic heterocycles. The zero-order valence-corrected chi connectivity index (χ0v) is 7.33. The van der Waals surface area contributed by atoms with E-state index in [0.29, 0.717) is 0 Å². The van der Waals surface area contributed by atoms with Gasteiger partial charge in [0, 0.05) is 82.2 Å². The molecule has 0 aliphatic heterocycles. The Bertz CT molecular complexity index is 3.25. The predicted molar refractivity (Wildman–Crippen MR) is 0 cm³/mol. The third-order valence-corrected chi connectivity index (χ3v) is 0. The molecule has 0 aromatic rings. The van der Waals surface area contributed by atoms with Gasteiger partial charge in [0.15, 0.2) is 0 Å². The van der Waals surface area contributed by atoms with E-state index in [4.69, 9.17) is 0 Å². The zero-order valence-electron chi connectivity index (χ0n) is 1.53. The molecule has 0 nitrogen and oxygen atoms in total. The number of rotatable bonds is 0. The van der Waals surface area contributed by atoms with Crippen molar-refractivity contribution >= 4 is 0 Å². The van der Waals surface area contributed by atoms with E-state index in [2.05, 4.69) is 0 Å². The van der Waals surface area contributed by atoms with Crippen LogP contribution in [0.5, 0.6) is 0 Å². The summed E-state index contributed by atoms with van der Waals surface area (Å²) in [6.45, 7) is 0. The maximum Gasteiger partial charge on any atom is 0 e. The minimum atomic E-state index is 0. The van der Waals surface area contributed by atoms with Crippen LogP contribution in [0.4, 0.5) is 0 Å². The minimum absolute atomic E-state index is 0. The molecule has 0 N–H and O–H groups in total. The van der Waals surface area contributed by atoms with E-state index in [1.54, 1.807) is 0 Å². The van der Waals surface area contributed by atoms with Crippen molar-refractivity contribution in [1.29, 1.82) is 0 Å². The summed E-state index contributed by atoms with van der Waals surface area (Å²) in [6, 6.07) is 0. The first-order valence-electron chi connectivity index (χ1n) is 0. The Balaban J connectivity index is 0. The fourth-order valence-electron chi connectivity index (χ4n) is 0. The van der Waals surface area contributed by atoms with Gasteiger partial charge in [-0.3, -0.25) is 0 Å².